The number of epoxide rings is 2. The van der Waals surface area contributed by atoms with E-state index in [0.29, 0.717) is 37.3 Å². The molecule has 0 amide bonds. The van der Waals surface area contributed by atoms with Crippen molar-refractivity contribution < 1.29 is 28.5 Å². The Morgan fingerprint density at radius 2 is 0.930 bits per heavy atom. The molecule has 0 aromatic heterocycles. The summed E-state index contributed by atoms with van der Waals surface area (Å²) >= 11 is 0. The summed E-state index contributed by atoms with van der Waals surface area (Å²) < 4.78 is 21.6. The minimum atomic E-state index is -0.281. The second-order valence-electron chi connectivity index (χ2n) is 12.6. The number of carbonyl (C=O) groups is 2. The summed E-state index contributed by atoms with van der Waals surface area (Å²) in [4.78, 5) is 23.7. The lowest BCUT2D eigenvalue weighted by atomic mass is 10.1. The fraction of sp³-hybridized carbons (Fsp3) is 0.838. The lowest BCUT2D eigenvalue weighted by Crippen LogP contribution is -2.12. The number of esters is 2. The fourth-order valence-corrected chi connectivity index (χ4v) is 5.60. The van der Waals surface area contributed by atoms with Gasteiger partial charge in [-0.05, 0) is 64.2 Å². The first kappa shape index (κ1) is 37.5. The molecule has 0 saturated carbocycles. The van der Waals surface area contributed by atoms with Gasteiger partial charge in [0.1, 0.15) is 0 Å². The average molecular weight is 605 g/mol. The molecule has 2 aliphatic rings. The highest BCUT2D eigenvalue weighted by molar-refractivity contribution is 5.70. The highest BCUT2D eigenvalue weighted by atomic mass is 16.7. The molecule has 0 spiro atoms. The predicted molar refractivity (Wildman–Crippen MR) is 175 cm³/mol. The lowest BCUT2D eigenvalue weighted by Gasteiger charge is -2.06. The molecule has 6 nitrogen and oxygen atoms in total. The zero-order chi connectivity index (χ0) is 30.8. The van der Waals surface area contributed by atoms with Crippen molar-refractivity contribution in [2.24, 2.45) is 0 Å². The molecular formula is C37H64O6. The van der Waals surface area contributed by atoms with E-state index in [-0.39, 0.29) is 18.7 Å². The van der Waals surface area contributed by atoms with Gasteiger partial charge in [-0.1, -0.05) is 115 Å². The normalized spacial score (nSPS) is 21.1. The monoisotopic (exact) mass is 604 g/mol. The summed E-state index contributed by atoms with van der Waals surface area (Å²) in [6.45, 7) is 4.22. The number of hydrogen-bond donors (Lipinski definition) is 0. The first-order chi connectivity index (χ1) is 21.1. The number of unbranched alkanes of at least 4 members (excludes halogenated alkanes) is 14. The second-order valence-corrected chi connectivity index (χ2v) is 12.6. The van der Waals surface area contributed by atoms with Crippen LogP contribution in [-0.2, 0) is 28.5 Å². The highest BCUT2D eigenvalue weighted by Crippen LogP contribution is 2.31. The zero-order valence-electron chi connectivity index (χ0n) is 27.7. The van der Waals surface area contributed by atoms with Crippen molar-refractivity contribution in [1.82, 2.24) is 0 Å². The van der Waals surface area contributed by atoms with Crippen molar-refractivity contribution in [3.05, 3.63) is 24.3 Å². The summed E-state index contributed by atoms with van der Waals surface area (Å²) in [5.41, 5.74) is 0. The van der Waals surface area contributed by atoms with E-state index in [4.69, 9.17) is 18.9 Å². The quantitative estimate of drug-likeness (QED) is 0.0267. The van der Waals surface area contributed by atoms with Crippen LogP contribution >= 0.6 is 0 Å². The molecule has 2 heterocycles. The Balaban J connectivity index is 1.25. The maximum atomic E-state index is 11.9. The summed E-state index contributed by atoms with van der Waals surface area (Å²) in [6, 6.07) is 0. The van der Waals surface area contributed by atoms with Crippen LogP contribution < -0.4 is 0 Å². The van der Waals surface area contributed by atoms with Crippen LogP contribution in [0.4, 0.5) is 0 Å². The molecule has 0 aromatic carbocycles. The Kier molecular flexibility index (Phi) is 22.4. The van der Waals surface area contributed by atoms with E-state index < -0.39 is 0 Å². The van der Waals surface area contributed by atoms with Crippen LogP contribution in [-0.4, -0.2) is 43.1 Å². The summed E-state index contributed by atoms with van der Waals surface area (Å²) in [5, 5.41) is 0. The summed E-state index contributed by atoms with van der Waals surface area (Å²) in [6.07, 6.45) is 37.2. The predicted octanol–water partition coefficient (Wildman–Crippen LogP) is 10.1. The topological polar surface area (TPSA) is 77.7 Å². The third-order valence-corrected chi connectivity index (χ3v) is 8.57. The minimum absolute atomic E-state index is 0.257. The molecule has 0 aliphatic carbocycles. The number of carbonyl (C=O) groups excluding carboxylic acids is 2. The zero-order valence-corrected chi connectivity index (χ0v) is 27.7. The van der Waals surface area contributed by atoms with Gasteiger partial charge in [0.15, 0.2) is 0 Å². The maximum Gasteiger partial charge on any atom is 0.308 e. The molecule has 6 heteroatoms. The largest absolute Gasteiger partial charge is 0.428 e. The molecule has 248 valence electrons. The highest BCUT2D eigenvalue weighted by Gasteiger charge is 2.37. The minimum Gasteiger partial charge on any atom is -0.428 e. The number of ether oxygens (including phenoxy) is 4. The van der Waals surface area contributed by atoms with Crippen molar-refractivity contribution in [3.63, 3.8) is 0 Å². The van der Waals surface area contributed by atoms with Gasteiger partial charge >= 0.3 is 11.9 Å². The SMILES string of the molecule is CCCCC[C@@H]1O[C@@H]1C/C=C\CCCCCCCC(=O)OCOC(=O)CCCCCCC/C=C\C[C@@H]1O[C@@H]1CCCCC. The molecule has 0 aromatic rings. The third kappa shape index (κ3) is 21.6. The lowest BCUT2D eigenvalue weighted by molar-refractivity contribution is -0.167. The van der Waals surface area contributed by atoms with Crippen LogP contribution in [0, 0.1) is 0 Å². The Labute approximate surface area is 263 Å². The van der Waals surface area contributed by atoms with E-state index in [0.717, 1.165) is 64.2 Å². The first-order valence-corrected chi connectivity index (χ1v) is 18.1. The number of allylic oxidation sites excluding steroid dienone is 2. The molecule has 4 atom stereocenters. The van der Waals surface area contributed by atoms with Gasteiger partial charge in [-0.25, -0.2) is 0 Å². The van der Waals surface area contributed by atoms with Gasteiger partial charge in [0.05, 0.1) is 24.4 Å². The van der Waals surface area contributed by atoms with Crippen LogP contribution in [0.25, 0.3) is 0 Å². The van der Waals surface area contributed by atoms with E-state index in [2.05, 4.69) is 38.2 Å². The van der Waals surface area contributed by atoms with Gasteiger partial charge in [-0.3, -0.25) is 9.59 Å². The van der Waals surface area contributed by atoms with E-state index in [1.807, 2.05) is 0 Å². The smallest absolute Gasteiger partial charge is 0.308 e. The standard InChI is InChI=1S/C37H64O6/c1-3-5-19-25-32-34(42-32)27-21-15-11-7-9-13-17-23-29-36(38)40-31-41-37(39)30-24-18-14-10-8-12-16-22-28-35-33(43-35)26-20-6-4-2/h15-16,21-22,32-35H,3-14,17-20,23-31H2,1-2H3/b21-15-,22-16-/t32-,33+,34+,35-. The molecule has 0 N–H and O–H groups in total. The van der Waals surface area contributed by atoms with Crippen LogP contribution in [0.1, 0.15) is 168 Å². The van der Waals surface area contributed by atoms with E-state index >= 15 is 0 Å². The average Bonchev–Trinajstić information content (AvgIpc) is 3.92. The van der Waals surface area contributed by atoms with Gasteiger partial charge in [0.2, 0.25) is 6.79 Å². The molecule has 2 fully saturated rings. The molecule has 0 radical (unpaired) electrons. The Morgan fingerprint density at radius 1 is 0.512 bits per heavy atom. The van der Waals surface area contributed by atoms with Gasteiger partial charge in [0.25, 0.3) is 0 Å². The van der Waals surface area contributed by atoms with Gasteiger partial charge in [0, 0.05) is 12.8 Å². The van der Waals surface area contributed by atoms with Crippen LogP contribution in [0.5, 0.6) is 0 Å². The molecule has 0 unspecified atom stereocenters. The molecule has 2 aliphatic heterocycles. The maximum absolute atomic E-state index is 11.9. The van der Waals surface area contributed by atoms with E-state index in [9.17, 15) is 9.59 Å². The van der Waals surface area contributed by atoms with Crippen molar-refractivity contribution in [2.75, 3.05) is 6.79 Å². The molecule has 43 heavy (non-hydrogen) atoms. The molecule has 2 rings (SSSR count). The molecular weight excluding hydrogens is 540 g/mol. The van der Waals surface area contributed by atoms with Crippen molar-refractivity contribution in [3.8, 4) is 0 Å². The van der Waals surface area contributed by atoms with Gasteiger partial charge in [-0.2, -0.15) is 0 Å². The third-order valence-electron chi connectivity index (χ3n) is 8.57. The van der Waals surface area contributed by atoms with Crippen molar-refractivity contribution in [1.29, 1.82) is 0 Å². The van der Waals surface area contributed by atoms with Crippen LogP contribution in [0.2, 0.25) is 0 Å². The van der Waals surface area contributed by atoms with Gasteiger partial charge in [-0.15, -0.1) is 0 Å². The van der Waals surface area contributed by atoms with Crippen LogP contribution in [0.15, 0.2) is 24.3 Å². The Morgan fingerprint density at radius 3 is 1.37 bits per heavy atom. The van der Waals surface area contributed by atoms with E-state index in [1.165, 1.54) is 77.0 Å². The first-order valence-electron chi connectivity index (χ1n) is 18.1. The van der Waals surface area contributed by atoms with Crippen LogP contribution in [0.3, 0.4) is 0 Å². The summed E-state index contributed by atoms with van der Waals surface area (Å²) in [5.74, 6) is -0.562. The van der Waals surface area contributed by atoms with Gasteiger partial charge < -0.3 is 18.9 Å². The molecule has 2 saturated heterocycles. The number of hydrogen-bond acceptors (Lipinski definition) is 6. The number of rotatable bonds is 30. The van der Waals surface area contributed by atoms with Crippen molar-refractivity contribution >= 4 is 11.9 Å². The summed E-state index contributed by atoms with van der Waals surface area (Å²) in [7, 11) is 0. The van der Waals surface area contributed by atoms with E-state index in [1.54, 1.807) is 0 Å². The fourth-order valence-electron chi connectivity index (χ4n) is 5.60. The van der Waals surface area contributed by atoms with Crippen molar-refractivity contribution in [2.45, 2.75) is 192 Å². The Bertz CT molecular complexity index is 700. The second kappa shape index (κ2) is 25.6. The molecule has 0 bridgehead atoms. The Hall–Kier alpha value is -1.66.